The van der Waals surface area contributed by atoms with Gasteiger partial charge < -0.3 is 20.6 Å². The number of phenolic OH excluding ortho intramolecular Hbond substituents is 1. The van der Waals surface area contributed by atoms with E-state index in [4.69, 9.17) is 0 Å². The molecular weight excluding hydrogens is 266 g/mol. The minimum atomic E-state index is 0.00219. The van der Waals surface area contributed by atoms with Crippen molar-refractivity contribution >= 4 is 11.6 Å². The Balaban J connectivity index is 2.70. The van der Waals surface area contributed by atoms with Crippen LogP contribution in [0.2, 0.25) is 0 Å². The number of nitrogens with zero attached hydrogens (tertiary/aromatic N) is 1. The number of anilines is 1. The normalized spacial score (nSPS) is 12.4. The summed E-state index contributed by atoms with van der Waals surface area (Å²) < 4.78 is 0. The SMILES string of the molecule is CCCC(=O)Nc1ccc(O)c(C(C)NCCN(C)C)c1. The van der Waals surface area contributed by atoms with Crippen molar-refractivity contribution in [2.45, 2.75) is 32.7 Å². The summed E-state index contributed by atoms with van der Waals surface area (Å²) in [6.07, 6.45) is 1.33. The molecule has 1 unspecified atom stereocenters. The van der Waals surface area contributed by atoms with Crippen LogP contribution in [0.5, 0.6) is 5.75 Å². The van der Waals surface area contributed by atoms with Gasteiger partial charge in [-0.2, -0.15) is 0 Å². The van der Waals surface area contributed by atoms with Crippen molar-refractivity contribution in [1.82, 2.24) is 10.2 Å². The van der Waals surface area contributed by atoms with E-state index in [1.807, 2.05) is 34.0 Å². The first-order valence-electron chi connectivity index (χ1n) is 7.45. The predicted octanol–water partition coefficient (Wildman–Crippen LogP) is 2.34. The van der Waals surface area contributed by atoms with Gasteiger partial charge in [-0.1, -0.05) is 6.92 Å². The lowest BCUT2D eigenvalue weighted by Crippen LogP contribution is -2.28. The minimum absolute atomic E-state index is 0.00219. The Hall–Kier alpha value is -1.59. The quantitative estimate of drug-likeness (QED) is 0.644. The molecule has 1 atom stereocenters. The van der Waals surface area contributed by atoms with Crippen LogP contribution in [0.15, 0.2) is 18.2 Å². The first-order chi connectivity index (χ1) is 9.93. The third-order valence-electron chi connectivity index (χ3n) is 3.26. The Labute approximate surface area is 127 Å². The van der Waals surface area contributed by atoms with E-state index < -0.39 is 0 Å². The maximum atomic E-state index is 11.6. The third kappa shape index (κ3) is 6.14. The first-order valence-corrected chi connectivity index (χ1v) is 7.45. The van der Waals surface area contributed by atoms with Gasteiger partial charge in [-0.3, -0.25) is 4.79 Å². The van der Waals surface area contributed by atoms with E-state index in [2.05, 4.69) is 15.5 Å². The number of likely N-dealkylation sites (N-methyl/N-ethyl adjacent to an activating group) is 1. The Morgan fingerprint density at radius 2 is 2.10 bits per heavy atom. The van der Waals surface area contributed by atoms with E-state index in [1.165, 1.54) is 0 Å². The highest BCUT2D eigenvalue weighted by Gasteiger charge is 2.11. The van der Waals surface area contributed by atoms with Crippen LogP contribution < -0.4 is 10.6 Å². The first kappa shape index (κ1) is 17.5. The van der Waals surface area contributed by atoms with Gasteiger partial charge in [0.05, 0.1) is 0 Å². The largest absolute Gasteiger partial charge is 0.508 e. The number of phenols is 1. The zero-order valence-electron chi connectivity index (χ0n) is 13.4. The molecule has 0 saturated carbocycles. The highest BCUT2D eigenvalue weighted by Crippen LogP contribution is 2.27. The van der Waals surface area contributed by atoms with Gasteiger partial charge in [-0.15, -0.1) is 0 Å². The standard InChI is InChI=1S/C16H27N3O2/c1-5-6-16(21)18-13-7-8-15(20)14(11-13)12(2)17-9-10-19(3)4/h7-8,11-12,17,20H,5-6,9-10H2,1-4H3,(H,18,21). The van der Waals surface area contributed by atoms with Crippen molar-refractivity contribution < 1.29 is 9.90 Å². The van der Waals surface area contributed by atoms with Gasteiger partial charge >= 0.3 is 0 Å². The van der Waals surface area contributed by atoms with Gasteiger partial charge in [0.1, 0.15) is 5.75 Å². The molecule has 5 nitrogen and oxygen atoms in total. The molecule has 0 fully saturated rings. The summed E-state index contributed by atoms with van der Waals surface area (Å²) >= 11 is 0. The summed E-state index contributed by atoms with van der Waals surface area (Å²) in [5.74, 6) is 0.246. The zero-order valence-corrected chi connectivity index (χ0v) is 13.4. The van der Waals surface area contributed by atoms with Crippen molar-refractivity contribution in [3.05, 3.63) is 23.8 Å². The molecule has 0 radical (unpaired) electrons. The van der Waals surface area contributed by atoms with Crippen molar-refractivity contribution in [3.63, 3.8) is 0 Å². The number of aromatic hydroxyl groups is 1. The van der Waals surface area contributed by atoms with Crippen LogP contribution >= 0.6 is 0 Å². The number of nitrogens with one attached hydrogen (secondary N) is 2. The molecule has 0 aliphatic heterocycles. The summed E-state index contributed by atoms with van der Waals surface area (Å²) in [6, 6.07) is 5.20. The molecule has 0 saturated heterocycles. The second-order valence-electron chi connectivity index (χ2n) is 5.55. The molecule has 21 heavy (non-hydrogen) atoms. The Morgan fingerprint density at radius 1 is 1.38 bits per heavy atom. The van der Waals surface area contributed by atoms with E-state index in [0.717, 1.165) is 30.8 Å². The van der Waals surface area contributed by atoms with Crippen LogP contribution in [0.4, 0.5) is 5.69 Å². The van der Waals surface area contributed by atoms with Crippen molar-refractivity contribution in [2.75, 3.05) is 32.5 Å². The monoisotopic (exact) mass is 293 g/mol. The average Bonchev–Trinajstić information content (AvgIpc) is 2.40. The average molecular weight is 293 g/mol. The number of carbonyl (C=O) groups is 1. The number of rotatable bonds is 8. The van der Waals surface area contributed by atoms with Crippen molar-refractivity contribution in [2.24, 2.45) is 0 Å². The van der Waals surface area contributed by atoms with E-state index in [-0.39, 0.29) is 17.7 Å². The minimum Gasteiger partial charge on any atom is -0.508 e. The molecule has 1 rings (SSSR count). The van der Waals surface area contributed by atoms with Crippen molar-refractivity contribution in [3.8, 4) is 5.75 Å². The topological polar surface area (TPSA) is 64.6 Å². The number of amides is 1. The van der Waals surface area contributed by atoms with E-state index in [9.17, 15) is 9.90 Å². The van der Waals surface area contributed by atoms with E-state index in [0.29, 0.717) is 6.42 Å². The summed E-state index contributed by atoms with van der Waals surface area (Å²) in [5.41, 5.74) is 1.52. The second-order valence-corrected chi connectivity index (χ2v) is 5.55. The van der Waals surface area contributed by atoms with Crippen molar-refractivity contribution in [1.29, 1.82) is 0 Å². The van der Waals surface area contributed by atoms with Crippen LogP contribution in [0.3, 0.4) is 0 Å². The molecule has 0 bridgehead atoms. The molecule has 0 spiro atoms. The molecule has 1 amide bonds. The Morgan fingerprint density at radius 3 is 2.71 bits per heavy atom. The fourth-order valence-electron chi connectivity index (χ4n) is 2.04. The molecule has 3 N–H and O–H groups in total. The lowest BCUT2D eigenvalue weighted by molar-refractivity contribution is -0.116. The molecule has 0 aliphatic carbocycles. The lowest BCUT2D eigenvalue weighted by Gasteiger charge is -2.18. The second kappa shape index (κ2) is 8.64. The summed E-state index contributed by atoms with van der Waals surface area (Å²) in [7, 11) is 4.04. The highest BCUT2D eigenvalue weighted by molar-refractivity contribution is 5.90. The fourth-order valence-corrected chi connectivity index (χ4v) is 2.04. The van der Waals surface area contributed by atoms with Crippen LogP contribution in [0, 0.1) is 0 Å². The Kier molecular flexibility index (Phi) is 7.19. The van der Waals surface area contributed by atoms with E-state index in [1.54, 1.807) is 12.1 Å². The number of hydrogen-bond acceptors (Lipinski definition) is 4. The maximum Gasteiger partial charge on any atom is 0.224 e. The summed E-state index contributed by atoms with van der Waals surface area (Å²) in [4.78, 5) is 13.7. The van der Waals surface area contributed by atoms with Crippen LogP contribution in [-0.2, 0) is 4.79 Å². The molecule has 0 aliphatic rings. The fraction of sp³-hybridized carbons (Fsp3) is 0.562. The smallest absolute Gasteiger partial charge is 0.224 e. The molecular formula is C16H27N3O2. The molecule has 0 aromatic heterocycles. The molecule has 118 valence electrons. The van der Waals surface area contributed by atoms with Gasteiger partial charge in [0.2, 0.25) is 5.91 Å². The van der Waals surface area contributed by atoms with Gasteiger partial charge in [0.15, 0.2) is 0 Å². The van der Waals surface area contributed by atoms with Gasteiger partial charge in [-0.05, 0) is 45.6 Å². The lowest BCUT2D eigenvalue weighted by atomic mass is 10.1. The summed E-state index contributed by atoms with van der Waals surface area (Å²) in [6.45, 7) is 5.74. The van der Waals surface area contributed by atoms with Crippen LogP contribution in [0.1, 0.15) is 38.3 Å². The predicted molar refractivity (Wildman–Crippen MR) is 86.6 cm³/mol. The molecule has 5 heteroatoms. The number of hydrogen-bond donors (Lipinski definition) is 3. The number of benzene rings is 1. The number of carbonyl (C=O) groups excluding carboxylic acids is 1. The van der Waals surface area contributed by atoms with Gasteiger partial charge in [0, 0.05) is 36.8 Å². The summed E-state index contributed by atoms with van der Waals surface area (Å²) in [5, 5.41) is 16.2. The van der Waals surface area contributed by atoms with E-state index >= 15 is 0 Å². The Bertz CT molecular complexity index is 461. The van der Waals surface area contributed by atoms with Crippen LogP contribution in [0.25, 0.3) is 0 Å². The zero-order chi connectivity index (χ0) is 15.8. The third-order valence-corrected chi connectivity index (χ3v) is 3.26. The molecule has 1 aromatic carbocycles. The van der Waals surface area contributed by atoms with Crippen LogP contribution in [-0.4, -0.2) is 43.1 Å². The molecule has 0 heterocycles. The molecule has 1 aromatic rings. The van der Waals surface area contributed by atoms with Gasteiger partial charge in [-0.25, -0.2) is 0 Å². The highest BCUT2D eigenvalue weighted by atomic mass is 16.3. The van der Waals surface area contributed by atoms with Gasteiger partial charge in [0.25, 0.3) is 0 Å². The maximum absolute atomic E-state index is 11.6.